The van der Waals surface area contributed by atoms with Gasteiger partial charge in [0.15, 0.2) is 0 Å². The third kappa shape index (κ3) is 10.8. The number of rotatable bonds is 6. The molecule has 0 spiro atoms. The summed E-state index contributed by atoms with van der Waals surface area (Å²) < 4.78 is 0. The van der Waals surface area contributed by atoms with Crippen LogP contribution in [0.15, 0.2) is 48.5 Å². The van der Waals surface area contributed by atoms with Crippen molar-refractivity contribution < 1.29 is 17.0 Å². The molecule has 220 valence electrons. The molecule has 0 aromatic heterocycles. The molecule has 0 aliphatic carbocycles. The van der Waals surface area contributed by atoms with Gasteiger partial charge in [-0.25, -0.2) is 0 Å². The van der Waals surface area contributed by atoms with Crippen LogP contribution in [-0.2, 0) is 29.9 Å². The van der Waals surface area contributed by atoms with Gasteiger partial charge in [-0.1, -0.05) is 117 Å². The van der Waals surface area contributed by atoms with Gasteiger partial charge in [0.05, 0.1) is 0 Å². The molecule has 4 heteroatoms. The van der Waals surface area contributed by atoms with Gasteiger partial charge >= 0.3 is 35.6 Å². The molecular formula is C36H52Cl2SiTi-2. The monoisotopic (exact) mass is 630 g/mol. The Hall–Kier alpha value is -0.829. The van der Waals surface area contributed by atoms with Crippen molar-refractivity contribution in [3.63, 3.8) is 0 Å². The van der Waals surface area contributed by atoms with Gasteiger partial charge in [-0.05, 0) is 36.5 Å². The summed E-state index contributed by atoms with van der Waals surface area (Å²) in [7, 11) is 10.9. The van der Waals surface area contributed by atoms with Crippen LogP contribution >= 0.6 is 18.6 Å². The van der Waals surface area contributed by atoms with Crippen LogP contribution in [-0.4, -0.2) is 9.52 Å². The molecule has 0 nitrogen and oxygen atoms in total. The van der Waals surface area contributed by atoms with Crippen molar-refractivity contribution in [1.29, 1.82) is 0 Å². The first-order valence-corrected chi connectivity index (χ1v) is 21.2. The Labute approximate surface area is 265 Å². The minimum atomic E-state index is -0.556. The summed E-state index contributed by atoms with van der Waals surface area (Å²) in [6.45, 7) is 27.0. The van der Waals surface area contributed by atoms with Crippen LogP contribution in [0.1, 0.15) is 126 Å². The van der Waals surface area contributed by atoms with Crippen LogP contribution in [0.5, 0.6) is 0 Å². The molecule has 4 aromatic carbocycles. The fourth-order valence-corrected chi connectivity index (χ4v) is 4.90. The van der Waals surface area contributed by atoms with Gasteiger partial charge in [-0.3, -0.25) is 0 Å². The Morgan fingerprint density at radius 1 is 0.600 bits per heavy atom. The first kappa shape index (κ1) is 37.2. The molecule has 2 radical (unpaired) electrons. The molecule has 0 amide bonds. The van der Waals surface area contributed by atoms with Gasteiger partial charge in [0.2, 0.25) is 0 Å². The van der Waals surface area contributed by atoms with Gasteiger partial charge in [-0.2, -0.15) is 12.1 Å². The Bertz CT molecular complexity index is 1180. The number of hydrogen-bond acceptors (Lipinski definition) is 0. The van der Waals surface area contributed by atoms with Crippen molar-refractivity contribution in [1.82, 2.24) is 0 Å². The van der Waals surface area contributed by atoms with E-state index >= 15 is 0 Å². The third-order valence-corrected chi connectivity index (χ3v) is 7.27. The van der Waals surface area contributed by atoms with Crippen molar-refractivity contribution in [2.75, 3.05) is 0 Å². The van der Waals surface area contributed by atoms with Crippen molar-refractivity contribution >= 4 is 49.7 Å². The van der Waals surface area contributed by atoms with E-state index in [1.54, 1.807) is 0 Å². The average Bonchev–Trinajstić information content (AvgIpc) is 3.52. The zero-order valence-electron chi connectivity index (χ0n) is 27.1. The van der Waals surface area contributed by atoms with E-state index in [4.69, 9.17) is 18.6 Å². The van der Waals surface area contributed by atoms with Crippen molar-refractivity contribution in [2.24, 2.45) is 0 Å². The van der Waals surface area contributed by atoms with Gasteiger partial charge in [0.25, 0.3) is 0 Å². The van der Waals surface area contributed by atoms with Crippen LogP contribution in [0.4, 0.5) is 0 Å². The molecule has 0 bridgehead atoms. The Morgan fingerprint density at radius 2 is 0.900 bits per heavy atom. The first-order valence-electron chi connectivity index (χ1n) is 14.9. The Morgan fingerprint density at radius 3 is 1.12 bits per heavy atom. The first-order chi connectivity index (χ1) is 18.9. The van der Waals surface area contributed by atoms with Crippen LogP contribution in [0, 0.1) is 0 Å². The minimum absolute atomic E-state index is 0.556. The van der Waals surface area contributed by atoms with E-state index in [1.165, 1.54) is 54.9 Å². The van der Waals surface area contributed by atoms with Crippen LogP contribution in [0.3, 0.4) is 0 Å². The molecule has 0 unspecified atom stereocenters. The fraction of sp³-hybridized carbons (Fsp3) is 0.500. The zero-order valence-corrected chi connectivity index (χ0v) is 31.2. The molecule has 0 aliphatic heterocycles. The molecule has 0 atom stereocenters. The van der Waals surface area contributed by atoms with Gasteiger partial charge in [-0.15, -0.1) is 56.9 Å². The van der Waals surface area contributed by atoms with Gasteiger partial charge < -0.3 is 0 Å². The predicted molar refractivity (Wildman–Crippen MR) is 183 cm³/mol. The fourth-order valence-electron chi connectivity index (χ4n) is 4.90. The molecule has 0 aliphatic rings. The summed E-state index contributed by atoms with van der Waals surface area (Å²) in [6.07, 6.45) is 2.26. The van der Waals surface area contributed by atoms with Crippen molar-refractivity contribution in [3.8, 4) is 0 Å². The number of fused-ring (bicyclic) bond motifs is 2. The van der Waals surface area contributed by atoms with Crippen LogP contribution < -0.4 is 0 Å². The quantitative estimate of drug-likeness (QED) is 0.147. The van der Waals surface area contributed by atoms with E-state index in [-0.39, 0.29) is 0 Å². The summed E-state index contributed by atoms with van der Waals surface area (Å²) in [6, 6.07) is 19.0. The second-order valence-corrected chi connectivity index (χ2v) is 15.4. The number of benzene rings is 2. The normalized spacial score (nSPS) is 10.9. The number of hydrogen-bond donors (Lipinski definition) is 0. The molecule has 0 heterocycles. The summed E-state index contributed by atoms with van der Waals surface area (Å²) in [5, 5.41) is 5.77. The Balaban J connectivity index is 0.000000335. The standard InChI is InChI=1S/2C17H23.C2H6Si.2ClH.Ti/c2*1-6-13-7-15-9-14(11(2)3)10-16(12(4)5)17(15)8-13;1-3-2;;;/h2*7-12H,6H2,1-5H3;1-2H3;2*1H;/q2*-1;;;;+2/p-2. The topological polar surface area (TPSA) is 0 Å². The predicted octanol–water partition coefficient (Wildman–Crippen LogP) is 12.9. The maximum absolute atomic E-state index is 4.89. The second-order valence-electron chi connectivity index (χ2n) is 11.9. The van der Waals surface area contributed by atoms with Crippen molar-refractivity contribution in [3.05, 3.63) is 81.9 Å². The molecule has 0 saturated heterocycles. The van der Waals surface area contributed by atoms with E-state index in [9.17, 15) is 0 Å². The third-order valence-electron chi connectivity index (χ3n) is 7.27. The molecule has 40 heavy (non-hydrogen) atoms. The molecular weight excluding hydrogens is 579 g/mol. The molecule has 0 fully saturated rings. The maximum atomic E-state index is 4.89. The SMILES string of the molecule is CCc1cc2c(C(C)C)cc(C(C)C)cc2[cH-]1.CCc1cc2c(C(C)C)cc(C(C)C)cc2[cH-]1.C[Si]C.[Cl][Ti][Cl]. The Kier molecular flexibility index (Phi) is 17.3. The van der Waals surface area contributed by atoms with E-state index < -0.39 is 17.0 Å². The molecule has 4 aromatic rings. The second kappa shape index (κ2) is 18.7. The summed E-state index contributed by atoms with van der Waals surface area (Å²) in [4.78, 5) is 0. The molecule has 0 N–H and O–H groups in total. The van der Waals surface area contributed by atoms with E-state index in [2.05, 4.69) is 131 Å². The molecule has 4 rings (SSSR count). The van der Waals surface area contributed by atoms with E-state index in [0.717, 1.165) is 22.4 Å². The van der Waals surface area contributed by atoms with Crippen LogP contribution in [0.25, 0.3) is 21.5 Å². The summed E-state index contributed by atoms with van der Waals surface area (Å²) in [5.74, 6) is 2.42. The average molecular weight is 632 g/mol. The van der Waals surface area contributed by atoms with Gasteiger partial charge in [0.1, 0.15) is 0 Å². The van der Waals surface area contributed by atoms with Gasteiger partial charge in [0, 0.05) is 9.52 Å². The van der Waals surface area contributed by atoms with Crippen LogP contribution in [0.2, 0.25) is 13.1 Å². The number of aryl methyl sites for hydroxylation is 2. The zero-order chi connectivity index (χ0) is 30.6. The van der Waals surface area contributed by atoms with Crippen molar-refractivity contribution in [2.45, 2.75) is 119 Å². The van der Waals surface area contributed by atoms with E-state index in [0.29, 0.717) is 23.7 Å². The summed E-state index contributed by atoms with van der Waals surface area (Å²) >= 11 is -0.556. The summed E-state index contributed by atoms with van der Waals surface area (Å²) in [5.41, 5.74) is 8.87. The van der Waals surface area contributed by atoms with E-state index in [1.807, 2.05) is 0 Å². The molecule has 0 saturated carbocycles. The number of halogens is 2.